The molecule has 0 bridgehead atoms. The van der Waals surface area contributed by atoms with E-state index in [0.717, 1.165) is 12.8 Å². The number of nitrogens with zero attached hydrogens (tertiary/aromatic N) is 1. The molecule has 0 spiro atoms. The van der Waals surface area contributed by atoms with E-state index in [1.54, 1.807) is 4.90 Å². The number of morpholine rings is 1. The molecule has 16 heavy (non-hydrogen) atoms. The fraction of sp³-hybridized carbons (Fsp3) is 0.800. The minimum Gasteiger partial charge on any atom is -0.480 e. The third kappa shape index (κ3) is 2.93. The van der Waals surface area contributed by atoms with E-state index in [-0.39, 0.29) is 19.1 Å². The van der Waals surface area contributed by atoms with E-state index < -0.39 is 12.0 Å². The van der Waals surface area contributed by atoms with E-state index in [4.69, 9.17) is 9.84 Å². The van der Waals surface area contributed by atoms with E-state index >= 15 is 0 Å². The zero-order valence-electron chi connectivity index (χ0n) is 9.02. The van der Waals surface area contributed by atoms with Crippen molar-refractivity contribution in [3.63, 3.8) is 0 Å². The zero-order valence-corrected chi connectivity index (χ0v) is 9.02. The van der Waals surface area contributed by atoms with Crippen molar-refractivity contribution in [1.82, 2.24) is 10.2 Å². The molecule has 0 aromatic heterocycles. The van der Waals surface area contributed by atoms with Gasteiger partial charge in [-0.1, -0.05) is 0 Å². The van der Waals surface area contributed by atoms with Crippen molar-refractivity contribution >= 4 is 11.9 Å². The molecule has 1 aliphatic carbocycles. The smallest absolute Gasteiger partial charge is 0.317 e. The van der Waals surface area contributed by atoms with Gasteiger partial charge in [0.1, 0.15) is 6.04 Å². The fourth-order valence-electron chi connectivity index (χ4n) is 1.77. The number of carboxylic acid groups (broad SMARTS) is 1. The van der Waals surface area contributed by atoms with Gasteiger partial charge in [-0.3, -0.25) is 14.5 Å². The summed E-state index contributed by atoms with van der Waals surface area (Å²) in [5, 5.41) is 11.6. The van der Waals surface area contributed by atoms with Crippen LogP contribution in [0.1, 0.15) is 12.8 Å². The van der Waals surface area contributed by atoms with E-state index in [0.29, 0.717) is 19.2 Å². The topological polar surface area (TPSA) is 78.9 Å². The van der Waals surface area contributed by atoms with E-state index in [1.807, 2.05) is 0 Å². The van der Waals surface area contributed by atoms with Gasteiger partial charge >= 0.3 is 5.97 Å². The Kier molecular flexibility index (Phi) is 3.40. The summed E-state index contributed by atoms with van der Waals surface area (Å²) in [5.74, 6) is -1.02. The predicted octanol–water partition coefficient (Wildman–Crippen LogP) is -0.950. The lowest BCUT2D eigenvalue weighted by Crippen LogP contribution is -2.55. The summed E-state index contributed by atoms with van der Waals surface area (Å²) in [6, 6.07) is -0.161. The van der Waals surface area contributed by atoms with Crippen LogP contribution >= 0.6 is 0 Å². The van der Waals surface area contributed by atoms with Gasteiger partial charge in [0.15, 0.2) is 0 Å². The molecular formula is C10H16N2O4. The van der Waals surface area contributed by atoms with Crippen LogP contribution in [-0.2, 0) is 14.3 Å². The van der Waals surface area contributed by atoms with Gasteiger partial charge in [-0.2, -0.15) is 0 Å². The van der Waals surface area contributed by atoms with Crippen molar-refractivity contribution in [2.45, 2.75) is 24.9 Å². The van der Waals surface area contributed by atoms with Crippen molar-refractivity contribution in [2.75, 3.05) is 26.3 Å². The maximum atomic E-state index is 11.8. The van der Waals surface area contributed by atoms with Crippen molar-refractivity contribution in [3.8, 4) is 0 Å². The van der Waals surface area contributed by atoms with E-state index in [9.17, 15) is 9.59 Å². The third-order valence-electron chi connectivity index (χ3n) is 2.80. The van der Waals surface area contributed by atoms with Crippen molar-refractivity contribution in [2.24, 2.45) is 0 Å². The first-order chi connectivity index (χ1) is 7.66. The lowest BCUT2D eigenvalue weighted by Gasteiger charge is -2.33. The second-order valence-corrected chi connectivity index (χ2v) is 4.24. The predicted molar refractivity (Wildman–Crippen MR) is 55.0 cm³/mol. The van der Waals surface area contributed by atoms with Gasteiger partial charge in [-0.15, -0.1) is 0 Å². The first-order valence-corrected chi connectivity index (χ1v) is 5.51. The lowest BCUT2D eigenvalue weighted by molar-refractivity contribution is -0.143. The van der Waals surface area contributed by atoms with Gasteiger partial charge < -0.3 is 15.2 Å². The molecule has 90 valence electrons. The summed E-state index contributed by atoms with van der Waals surface area (Å²) in [6.07, 6.45) is 2.05. The van der Waals surface area contributed by atoms with Crippen molar-refractivity contribution < 1.29 is 19.4 Å². The molecule has 2 fully saturated rings. The summed E-state index contributed by atoms with van der Waals surface area (Å²) in [7, 11) is 0. The molecule has 0 aromatic rings. The van der Waals surface area contributed by atoms with Gasteiger partial charge in [0.2, 0.25) is 5.91 Å². The summed E-state index contributed by atoms with van der Waals surface area (Å²) < 4.78 is 5.22. The summed E-state index contributed by atoms with van der Waals surface area (Å²) in [4.78, 5) is 24.1. The quantitative estimate of drug-likeness (QED) is 0.648. The first-order valence-electron chi connectivity index (χ1n) is 5.51. The molecule has 2 aliphatic rings. The molecule has 6 nitrogen and oxygen atoms in total. The fourth-order valence-corrected chi connectivity index (χ4v) is 1.77. The number of hydrogen-bond acceptors (Lipinski definition) is 4. The molecule has 1 saturated heterocycles. The summed E-state index contributed by atoms with van der Waals surface area (Å²) >= 11 is 0. The maximum Gasteiger partial charge on any atom is 0.317 e. The molecule has 1 heterocycles. The van der Waals surface area contributed by atoms with Crippen molar-refractivity contribution in [3.05, 3.63) is 0 Å². The monoisotopic (exact) mass is 228 g/mol. The molecule has 0 radical (unpaired) electrons. The Balaban J connectivity index is 1.91. The molecule has 1 amide bonds. The Hall–Kier alpha value is -1.14. The highest BCUT2D eigenvalue weighted by atomic mass is 16.5. The highest BCUT2D eigenvalue weighted by molar-refractivity contribution is 5.83. The number of carboxylic acids is 1. The number of amides is 1. The Morgan fingerprint density at radius 2 is 2.19 bits per heavy atom. The van der Waals surface area contributed by atoms with Crippen LogP contribution in [-0.4, -0.2) is 60.3 Å². The number of rotatable bonds is 4. The molecule has 6 heteroatoms. The minimum absolute atomic E-state index is 0.105. The molecule has 1 aliphatic heterocycles. The largest absolute Gasteiger partial charge is 0.480 e. The SMILES string of the molecule is O=C(O)CN1CCOCC1C(=O)NC1CC1. The van der Waals surface area contributed by atoms with Crippen LogP contribution in [0.2, 0.25) is 0 Å². The average Bonchev–Trinajstić information content (AvgIpc) is 3.01. The highest BCUT2D eigenvalue weighted by Gasteiger charge is 2.33. The average molecular weight is 228 g/mol. The standard InChI is InChI=1S/C10H16N2O4/c13-9(14)5-12-3-4-16-6-8(12)10(15)11-7-1-2-7/h7-8H,1-6H2,(H,11,15)(H,13,14). The number of carbonyl (C=O) groups is 2. The lowest BCUT2D eigenvalue weighted by atomic mass is 10.2. The zero-order chi connectivity index (χ0) is 11.5. The van der Waals surface area contributed by atoms with E-state index in [1.165, 1.54) is 0 Å². The summed E-state index contributed by atoms with van der Waals surface area (Å²) in [5.41, 5.74) is 0. The Morgan fingerprint density at radius 3 is 2.81 bits per heavy atom. The maximum absolute atomic E-state index is 11.8. The number of hydrogen-bond donors (Lipinski definition) is 2. The Morgan fingerprint density at radius 1 is 1.44 bits per heavy atom. The van der Waals surface area contributed by atoms with Crippen LogP contribution in [0.15, 0.2) is 0 Å². The number of carbonyl (C=O) groups excluding carboxylic acids is 1. The van der Waals surface area contributed by atoms with Gasteiger partial charge in [-0.05, 0) is 12.8 Å². The Labute approximate surface area is 93.6 Å². The van der Waals surface area contributed by atoms with E-state index in [2.05, 4.69) is 5.32 Å². The van der Waals surface area contributed by atoms with Crippen LogP contribution in [0.3, 0.4) is 0 Å². The van der Waals surface area contributed by atoms with Gasteiger partial charge in [0.25, 0.3) is 0 Å². The molecular weight excluding hydrogens is 212 g/mol. The molecule has 1 atom stereocenters. The molecule has 2 rings (SSSR count). The Bertz CT molecular complexity index is 291. The number of ether oxygens (including phenoxy) is 1. The number of aliphatic carboxylic acids is 1. The molecule has 2 N–H and O–H groups in total. The van der Waals surface area contributed by atoms with Crippen LogP contribution in [0.4, 0.5) is 0 Å². The normalized spacial score (nSPS) is 26.4. The second-order valence-electron chi connectivity index (χ2n) is 4.24. The first kappa shape index (κ1) is 11.3. The van der Waals surface area contributed by atoms with Crippen LogP contribution < -0.4 is 5.32 Å². The van der Waals surface area contributed by atoms with Gasteiger partial charge in [-0.25, -0.2) is 0 Å². The van der Waals surface area contributed by atoms with Crippen LogP contribution in [0.25, 0.3) is 0 Å². The van der Waals surface area contributed by atoms with Gasteiger partial charge in [0, 0.05) is 12.6 Å². The van der Waals surface area contributed by atoms with Crippen molar-refractivity contribution in [1.29, 1.82) is 0 Å². The molecule has 1 unspecified atom stereocenters. The summed E-state index contributed by atoms with van der Waals surface area (Å²) in [6.45, 7) is 1.16. The number of nitrogens with one attached hydrogen (secondary N) is 1. The second kappa shape index (κ2) is 4.80. The van der Waals surface area contributed by atoms with Crippen LogP contribution in [0, 0.1) is 0 Å². The van der Waals surface area contributed by atoms with Crippen LogP contribution in [0.5, 0.6) is 0 Å². The minimum atomic E-state index is -0.911. The van der Waals surface area contributed by atoms with Gasteiger partial charge in [0.05, 0.1) is 19.8 Å². The molecule has 1 saturated carbocycles. The highest BCUT2D eigenvalue weighted by Crippen LogP contribution is 2.19. The molecule has 0 aromatic carbocycles. The third-order valence-corrected chi connectivity index (χ3v) is 2.80.